The van der Waals surface area contributed by atoms with Gasteiger partial charge in [0, 0.05) is 17.8 Å². The molecule has 0 fully saturated rings. The van der Waals surface area contributed by atoms with Crippen LogP contribution >= 0.6 is 0 Å². The number of fused-ring (bicyclic) bond motifs is 1. The van der Waals surface area contributed by atoms with Gasteiger partial charge in [0.25, 0.3) is 5.91 Å². The Morgan fingerprint density at radius 2 is 1.78 bits per heavy atom. The lowest BCUT2D eigenvalue weighted by Gasteiger charge is -2.28. The second-order valence-electron chi connectivity index (χ2n) is 8.87. The number of allylic oxidation sites excluding steroid dienone is 1. The van der Waals surface area contributed by atoms with Crippen LogP contribution in [0.1, 0.15) is 35.2 Å². The number of carbonyl (C=O) groups excluding carboxylic acids is 1. The number of amides is 1. The molecule has 8 nitrogen and oxygen atoms in total. The highest BCUT2D eigenvalue weighted by atomic mass is 16.5. The quantitative estimate of drug-likeness (QED) is 0.393. The Hall–Kier alpha value is -4.46. The van der Waals surface area contributed by atoms with E-state index in [0.29, 0.717) is 23.8 Å². The topological polar surface area (TPSA) is 94.0 Å². The minimum Gasteiger partial charge on any atom is -0.493 e. The van der Waals surface area contributed by atoms with Crippen molar-refractivity contribution in [1.29, 1.82) is 0 Å². The molecule has 36 heavy (non-hydrogen) atoms. The molecule has 3 aromatic carbocycles. The molecule has 1 unspecified atom stereocenters. The number of hydrogen-bond donors (Lipinski definition) is 2. The van der Waals surface area contributed by atoms with E-state index in [2.05, 4.69) is 38.3 Å². The lowest BCUT2D eigenvalue weighted by molar-refractivity contribution is -0.113. The summed E-state index contributed by atoms with van der Waals surface area (Å²) < 4.78 is 7.59. The molecule has 182 valence electrons. The monoisotopic (exact) mass is 480 g/mol. The van der Waals surface area contributed by atoms with Gasteiger partial charge in [0.05, 0.1) is 12.2 Å². The van der Waals surface area contributed by atoms with E-state index in [1.807, 2.05) is 81.4 Å². The molecule has 1 atom stereocenters. The van der Waals surface area contributed by atoms with E-state index in [9.17, 15) is 4.79 Å². The van der Waals surface area contributed by atoms with Crippen LogP contribution in [0.15, 0.2) is 84.1 Å². The van der Waals surface area contributed by atoms with Crippen molar-refractivity contribution in [3.05, 3.63) is 106 Å². The number of hydrogen-bond acceptors (Lipinski definition) is 6. The summed E-state index contributed by atoms with van der Waals surface area (Å²) in [6.45, 7) is 6.47. The first-order valence-electron chi connectivity index (χ1n) is 11.9. The van der Waals surface area contributed by atoms with Crippen LogP contribution in [0.5, 0.6) is 5.75 Å². The van der Waals surface area contributed by atoms with E-state index in [4.69, 9.17) is 4.74 Å². The van der Waals surface area contributed by atoms with Gasteiger partial charge in [-0.2, -0.15) is 4.68 Å². The van der Waals surface area contributed by atoms with E-state index >= 15 is 0 Å². The predicted molar refractivity (Wildman–Crippen MR) is 139 cm³/mol. The number of rotatable bonds is 7. The van der Waals surface area contributed by atoms with Gasteiger partial charge in [-0.1, -0.05) is 59.7 Å². The van der Waals surface area contributed by atoms with Gasteiger partial charge in [0.2, 0.25) is 5.95 Å². The molecular formula is C28H28N6O2. The molecule has 1 aliphatic rings. The van der Waals surface area contributed by atoms with Gasteiger partial charge < -0.3 is 15.4 Å². The molecular weight excluding hydrogens is 452 g/mol. The molecule has 5 rings (SSSR count). The predicted octanol–water partition coefficient (Wildman–Crippen LogP) is 4.84. The number of nitrogens with zero attached hydrogens (tertiary/aromatic N) is 4. The van der Waals surface area contributed by atoms with Crippen LogP contribution in [0.3, 0.4) is 0 Å². The van der Waals surface area contributed by atoms with E-state index < -0.39 is 6.04 Å². The molecule has 2 heterocycles. The average molecular weight is 481 g/mol. The maximum atomic E-state index is 13.6. The van der Waals surface area contributed by atoms with Crippen LogP contribution in [-0.4, -0.2) is 32.7 Å². The zero-order chi connectivity index (χ0) is 25.1. The van der Waals surface area contributed by atoms with Crippen molar-refractivity contribution in [2.75, 3.05) is 17.2 Å². The SMILES string of the molecule is CC1=C(C(=O)Nc2cccc(C)c2C)C(c2ccc(OCCc3ccccc3)cc2)n2nnnc2N1. The van der Waals surface area contributed by atoms with E-state index in [0.717, 1.165) is 34.5 Å². The Morgan fingerprint density at radius 3 is 2.56 bits per heavy atom. The van der Waals surface area contributed by atoms with E-state index in [1.54, 1.807) is 4.68 Å². The van der Waals surface area contributed by atoms with Crippen LogP contribution in [0.25, 0.3) is 0 Å². The maximum absolute atomic E-state index is 13.6. The highest BCUT2D eigenvalue weighted by Crippen LogP contribution is 2.35. The van der Waals surface area contributed by atoms with Gasteiger partial charge in [0.1, 0.15) is 11.8 Å². The number of aryl methyl sites for hydroxylation is 1. The van der Waals surface area contributed by atoms with Crippen molar-refractivity contribution in [2.45, 2.75) is 33.2 Å². The van der Waals surface area contributed by atoms with Crippen LogP contribution in [-0.2, 0) is 11.2 Å². The van der Waals surface area contributed by atoms with Crippen molar-refractivity contribution >= 4 is 17.5 Å². The normalized spacial score (nSPS) is 14.7. The number of nitrogens with one attached hydrogen (secondary N) is 2. The summed E-state index contributed by atoms with van der Waals surface area (Å²) in [4.78, 5) is 13.6. The Kier molecular flexibility index (Phi) is 6.49. The molecule has 2 N–H and O–H groups in total. The number of aromatic nitrogens is 4. The Bertz CT molecular complexity index is 1410. The number of benzene rings is 3. The molecule has 1 amide bonds. The minimum absolute atomic E-state index is 0.206. The summed E-state index contributed by atoms with van der Waals surface area (Å²) in [7, 11) is 0. The van der Waals surface area contributed by atoms with E-state index in [1.165, 1.54) is 5.56 Å². The van der Waals surface area contributed by atoms with Crippen molar-refractivity contribution in [1.82, 2.24) is 20.2 Å². The van der Waals surface area contributed by atoms with Crippen LogP contribution in [0.2, 0.25) is 0 Å². The molecule has 0 saturated heterocycles. The molecule has 1 aromatic heterocycles. The second kappa shape index (κ2) is 10.0. The maximum Gasteiger partial charge on any atom is 0.255 e. The molecule has 8 heteroatoms. The molecule has 0 saturated carbocycles. The fraction of sp³-hybridized carbons (Fsp3) is 0.214. The smallest absolute Gasteiger partial charge is 0.255 e. The van der Waals surface area contributed by atoms with Crippen LogP contribution in [0.4, 0.5) is 11.6 Å². The molecule has 4 aromatic rings. The number of ether oxygens (including phenoxy) is 1. The number of anilines is 2. The van der Waals surface area contributed by atoms with Crippen molar-refractivity contribution in [2.24, 2.45) is 0 Å². The fourth-order valence-electron chi connectivity index (χ4n) is 4.37. The molecule has 0 spiro atoms. The third-order valence-electron chi connectivity index (χ3n) is 6.51. The minimum atomic E-state index is -0.486. The molecule has 0 radical (unpaired) electrons. The van der Waals surface area contributed by atoms with Crippen LogP contribution < -0.4 is 15.4 Å². The van der Waals surface area contributed by atoms with E-state index in [-0.39, 0.29) is 5.91 Å². The van der Waals surface area contributed by atoms with Crippen LogP contribution in [0, 0.1) is 13.8 Å². The zero-order valence-corrected chi connectivity index (χ0v) is 20.5. The van der Waals surface area contributed by atoms with Gasteiger partial charge in [-0.3, -0.25) is 4.79 Å². The lowest BCUT2D eigenvalue weighted by Crippen LogP contribution is -2.31. The largest absolute Gasteiger partial charge is 0.493 e. The third-order valence-corrected chi connectivity index (χ3v) is 6.51. The summed E-state index contributed by atoms with van der Waals surface area (Å²) >= 11 is 0. The molecule has 0 aliphatic carbocycles. The summed E-state index contributed by atoms with van der Waals surface area (Å²) in [6.07, 6.45) is 0.829. The summed E-state index contributed by atoms with van der Waals surface area (Å²) in [6, 6.07) is 23.4. The van der Waals surface area contributed by atoms with Gasteiger partial charge >= 0.3 is 0 Å². The molecule has 1 aliphatic heterocycles. The Labute approximate surface area is 210 Å². The molecule has 0 bridgehead atoms. The zero-order valence-electron chi connectivity index (χ0n) is 20.5. The summed E-state index contributed by atoms with van der Waals surface area (Å²) in [5, 5.41) is 18.3. The van der Waals surface area contributed by atoms with Crippen molar-refractivity contribution < 1.29 is 9.53 Å². The Balaban J connectivity index is 1.38. The van der Waals surface area contributed by atoms with Gasteiger partial charge in [-0.05, 0) is 71.7 Å². The summed E-state index contributed by atoms with van der Waals surface area (Å²) in [5.74, 6) is 1.05. The first kappa shape index (κ1) is 23.3. The number of carbonyl (C=O) groups is 1. The number of tetrazole rings is 1. The highest BCUT2D eigenvalue weighted by molar-refractivity contribution is 6.06. The first-order valence-corrected chi connectivity index (χ1v) is 11.9. The average Bonchev–Trinajstić information content (AvgIpc) is 3.35. The van der Waals surface area contributed by atoms with Gasteiger partial charge in [-0.25, -0.2) is 0 Å². The highest BCUT2D eigenvalue weighted by Gasteiger charge is 2.34. The van der Waals surface area contributed by atoms with Gasteiger partial charge in [0.15, 0.2) is 0 Å². The standard InChI is InChI=1S/C28H28N6O2/c1-18-8-7-11-24(19(18)2)30-27(35)25-20(3)29-28-31-32-33-34(28)26(25)22-12-14-23(15-13-22)36-17-16-21-9-5-4-6-10-21/h4-15,26H,16-17H2,1-3H3,(H,30,35)(H,29,31,33). The van der Waals surface area contributed by atoms with Crippen molar-refractivity contribution in [3.63, 3.8) is 0 Å². The van der Waals surface area contributed by atoms with Crippen molar-refractivity contribution in [3.8, 4) is 5.75 Å². The second-order valence-corrected chi connectivity index (χ2v) is 8.87. The summed E-state index contributed by atoms with van der Waals surface area (Å²) in [5.41, 5.74) is 6.29. The third kappa shape index (κ3) is 4.70. The lowest BCUT2D eigenvalue weighted by atomic mass is 9.94. The van der Waals surface area contributed by atoms with Gasteiger partial charge in [-0.15, -0.1) is 0 Å². The first-order chi connectivity index (χ1) is 17.5. The Morgan fingerprint density at radius 1 is 1.00 bits per heavy atom. The fourth-order valence-corrected chi connectivity index (χ4v) is 4.37.